The van der Waals surface area contributed by atoms with Gasteiger partial charge in [-0.25, -0.2) is 4.79 Å². The molecule has 27 heavy (non-hydrogen) atoms. The van der Waals surface area contributed by atoms with E-state index in [0.717, 1.165) is 12.8 Å². The summed E-state index contributed by atoms with van der Waals surface area (Å²) >= 11 is 0. The molecule has 0 radical (unpaired) electrons. The zero-order chi connectivity index (χ0) is 19.2. The van der Waals surface area contributed by atoms with Crippen molar-refractivity contribution in [2.24, 2.45) is 0 Å². The van der Waals surface area contributed by atoms with Crippen molar-refractivity contribution in [3.63, 3.8) is 0 Å². The minimum Gasteiger partial charge on any atom is -0.872 e. The van der Waals surface area contributed by atoms with E-state index in [2.05, 4.69) is 11.7 Å². The van der Waals surface area contributed by atoms with Gasteiger partial charge in [0.2, 0.25) is 0 Å². The Labute approximate surface area is 186 Å². The molecule has 0 aliphatic carbocycles. The van der Waals surface area contributed by atoms with Gasteiger partial charge in [0.05, 0.1) is 12.2 Å². The molecule has 1 N–H and O–H groups in total. The summed E-state index contributed by atoms with van der Waals surface area (Å²) in [5, 5.41) is 20.7. The molecule has 0 fully saturated rings. The predicted octanol–water partition coefficient (Wildman–Crippen LogP) is 0.573. The number of rotatable bonds is 16. The molecule has 0 aromatic carbocycles. The fraction of sp³-hybridized carbons (Fsp3) is 0.810. The normalized spacial score (nSPS) is 16.4. The summed E-state index contributed by atoms with van der Waals surface area (Å²) in [5.41, 5.74) is -0.386. The summed E-state index contributed by atoms with van der Waals surface area (Å²) < 4.78 is 4.68. The Morgan fingerprint density at radius 2 is 1.37 bits per heavy atom. The number of aliphatic hydroxyl groups excluding tert-OH is 1. The molecule has 0 saturated carbocycles. The summed E-state index contributed by atoms with van der Waals surface area (Å²) in [4.78, 5) is 23.5. The number of aliphatic hydroxyl groups is 1. The summed E-state index contributed by atoms with van der Waals surface area (Å²) in [6.07, 6.45) is 14.8. The van der Waals surface area contributed by atoms with Crippen LogP contribution in [0.3, 0.4) is 0 Å². The van der Waals surface area contributed by atoms with Gasteiger partial charge < -0.3 is 14.9 Å². The molecule has 5 nitrogen and oxygen atoms in total. The van der Waals surface area contributed by atoms with E-state index in [1.165, 1.54) is 64.2 Å². The fourth-order valence-corrected chi connectivity index (χ4v) is 3.30. The summed E-state index contributed by atoms with van der Waals surface area (Å²) in [6, 6.07) is 0. The first-order valence-corrected chi connectivity index (χ1v) is 10.4. The van der Waals surface area contributed by atoms with Crippen LogP contribution in [0.15, 0.2) is 11.3 Å². The van der Waals surface area contributed by atoms with E-state index in [-0.39, 0.29) is 41.6 Å². The van der Waals surface area contributed by atoms with E-state index in [4.69, 9.17) is 5.11 Å². The minimum atomic E-state index is -1.19. The van der Waals surface area contributed by atoms with Gasteiger partial charge in [0, 0.05) is 6.42 Å². The van der Waals surface area contributed by atoms with Crippen LogP contribution in [0.4, 0.5) is 0 Å². The van der Waals surface area contributed by atoms with Gasteiger partial charge in [-0.05, 0) is 6.42 Å². The smallest absolute Gasteiger partial charge is 0.872 e. The van der Waals surface area contributed by atoms with Crippen molar-refractivity contribution in [3.05, 3.63) is 11.3 Å². The van der Waals surface area contributed by atoms with Crippen LogP contribution in [0, 0.1) is 0 Å². The van der Waals surface area contributed by atoms with Crippen molar-refractivity contribution in [2.45, 2.75) is 103 Å². The second-order valence-corrected chi connectivity index (χ2v) is 7.23. The Balaban J connectivity index is 0.00000676. The average molecular weight is 390 g/mol. The number of esters is 1. The maximum absolute atomic E-state index is 12.0. The number of hydrogen-bond donors (Lipinski definition) is 1. The molecule has 0 spiro atoms. The van der Waals surface area contributed by atoms with Crippen LogP contribution in [0.1, 0.15) is 96.8 Å². The van der Waals surface area contributed by atoms with Crippen LogP contribution in [0.25, 0.3) is 0 Å². The van der Waals surface area contributed by atoms with E-state index in [1.807, 2.05) is 0 Å². The third-order valence-electron chi connectivity index (χ3n) is 4.94. The number of Topliss-reactive ketones (excluding diaryl/α,β-unsaturated/α-hetero) is 1. The van der Waals surface area contributed by atoms with E-state index in [1.54, 1.807) is 0 Å². The fourth-order valence-electron chi connectivity index (χ4n) is 3.30. The van der Waals surface area contributed by atoms with E-state index in [9.17, 15) is 14.7 Å². The number of hydrogen-bond acceptors (Lipinski definition) is 5. The zero-order valence-electron chi connectivity index (χ0n) is 17.3. The first-order valence-electron chi connectivity index (χ1n) is 10.4. The second kappa shape index (κ2) is 16.6. The molecule has 1 heterocycles. The standard InChI is InChI=1S/C21H36O5.Na/c1-2-3-4-5-6-7-8-9-10-11-12-13-14-15-17(23)19-20(24)18(16-22)26-21(19)25;/h18,22,24H,2-16H2,1H3;/q;+1/p-1. The van der Waals surface area contributed by atoms with Crippen LogP contribution in [0.5, 0.6) is 0 Å². The van der Waals surface area contributed by atoms with Crippen molar-refractivity contribution in [1.82, 2.24) is 0 Å². The molecule has 1 unspecified atom stereocenters. The molecule has 1 rings (SSSR count). The number of carbonyl (C=O) groups is 2. The number of ether oxygens (including phenoxy) is 1. The molecule has 6 heteroatoms. The van der Waals surface area contributed by atoms with Gasteiger partial charge in [0.25, 0.3) is 0 Å². The first kappa shape index (κ1) is 26.6. The van der Waals surface area contributed by atoms with Crippen molar-refractivity contribution >= 4 is 11.8 Å². The monoisotopic (exact) mass is 390 g/mol. The number of unbranched alkanes of at least 4 members (excludes halogenated alkanes) is 12. The molecule has 0 aromatic rings. The molecular weight excluding hydrogens is 355 g/mol. The zero-order valence-corrected chi connectivity index (χ0v) is 19.3. The first-order chi connectivity index (χ1) is 12.6. The maximum atomic E-state index is 12.0. The molecular formula is C21H35NaO5. The predicted molar refractivity (Wildman–Crippen MR) is 99.3 cm³/mol. The Kier molecular flexibility index (Phi) is 16.4. The maximum Gasteiger partial charge on any atom is 1.00 e. The topological polar surface area (TPSA) is 86.7 Å². The Morgan fingerprint density at radius 1 is 0.926 bits per heavy atom. The Bertz CT molecular complexity index is 461. The van der Waals surface area contributed by atoms with Crippen LogP contribution >= 0.6 is 0 Å². The van der Waals surface area contributed by atoms with Crippen LogP contribution < -0.4 is 34.7 Å². The Morgan fingerprint density at radius 3 is 1.78 bits per heavy atom. The van der Waals surface area contributed by atoms with Crippen LogP contribution in [-0.4, -0.2) is 29.6 Å². The molecule has 0 amide bonds. The van der Waals surface area contributed by atoms with Crippen molar-refractivity contribution < 1.29 is 54.1 Å². The van der Waals surface area contributed by atoms with Gasteiger partial charge in [-0.15, -0.1) is 0 Å². The van der Waals surface area contributed by atoms with Crippen molar-refractivity contribution in [3.8, 4) is 0 Å². The van der Waals surface area contributed by atoms with Gasteiger partial charge in [-0.3, -0.25) is 4.79 Å². The van der Waals surface area contributed by atoms with Gasteiger partial charge in [0.1, 0.15) is 6.10 Å². The number of carbonyl (C=O) groups excluding carboxylic acids is 2. The van der Waals surface area contributed by atoms with Crippen molar-refractivity contribution in [1.29, 1.82) is 0 Å². The van der Waals surface area contributed by atoms with Crippen molar-refractivity contribution in [2.75, 3.05) is 6.61 Å². The molecule has 1 aliphatic rings. The number of ketones is 1. The molecule has 150 valence electrons. The average Bonchev–Trinajstić information content (AvgIpc) is 2.92. The van der Waals surface area contributed by atoms with Gasteiger partial charge in [-0.2, -0.15) is 0 Å². The number of cyclic esters (lactones) is 1. The summed E-state index contributed by atoms with van der Waals surface area (Å²) in [7, 11) is 0. The third-order valence-corrected chi connectivity index (χ3v) is 4.94. The second-order valence-electron chi connectivity index (χ2n) is 7.23. The Hall–Kier alpha value is -0.360. The largest absolute Gasteiger partial charge is 1.00 e. The van der Waals surface area contributed by atoms with E-state index < -0.39 is 30.2 Å². The minimum absolute atomic E-state index is 0. The van der Waals surface area contributed by atoms with E-state index in [0.29, 0.717) is 6.42 Å². The molecule has 1 atom stereocenters. The quantitative estimate of drug-likeness (QED) is 0.180. The molecule has 0 bridgehead atoms. The summed E-state index contributed by atoms with van der Waals surface area (Å²) in [6.45, 7) is 1.67. The molecule has 0 saturated heterocycles. The van der Waals surface area contributed by atoms with Gasteiger partial charge in [-0.1, -0.05) is 89.7 Å². The van der Waals surface area contributed by atoms with E-state index >= 15 is 0 Å². The SMILES string of the molecule is CCCCCCCCCCCCCCCC(=O)C1=C([O-])C(CO)OC1=O.[Na+]. The molecule has 1 aliphatic heterocycles. The van der Waals surface area contributed by atoms with Gasteiger partial charge in [0.15, 0.2) is 5.78 Å². The summed E-state index contributed by atoms with van der Waals surface area (Å²) in [5.74, 6) is -2.00. The van der Waals surface area contributed by atoms with Gasteiger partial charge >= 0.3 is 35.5 Å². The van der Waals surface area contributed by atoms with Crippen LogP contribution in [-0.2, 0) is 14.3 Å². The third kappa shape index (κ3) is 10.7. The molecule has 0 aromatic heterocycles. The van der Waals surface area contributed by atoms with Crippen LogP contribution in [0.2, 0.25) is 0 Å².